The van der Waals surface area contributed by atoms with Gasteiger partial charge in [-0.1, -0.05) is 30.4 Å². The summed E-state index contributed by atoms with van der Waals surface area (Å²) in [4.78, 5) is 11.9. The minimum Gasteiger partial charge on any atom is -0.351 e. The maximum Gasteiger partial charge on any atom is 0.251 e. The number of nitrogens with one attached hydrogen (secondary N) is 1. The molecule has 0 aromatic heterocycles. The van der Waals surface area contributed by atoms with Crippen molar-refractivity contribution in [3.63, 3.8) is 0 Å². The first-order valence-corrected chi connectivity index (χ1v) is 8.56. The van der Waals surface area contributed by atoms with Crippen LogP contribution in [0.3, 0.4) is 0 Å². The van der Waals surface area contributed by atoms with E-state index in [1.807, 2.05) is 0 Å². The molecule has 0 saturated carbocycles. The highest BCUT2D eigenvalue weighted by atomic mass is 35.5. The SMILES string of the molecule is CCS(=O)(=O)CCNC(=O)c1ccc(C#CCN)c(Cl)c1. The zero-order valence-electron chi connectivity index (χ0n) is 11.6. The van der Waals surface area contributed by atoms with E-state index in [2.05, 4.69) is 17.2 Å². The van der Waals surface area contributed by atoms with Gasteiger partial charge in [-0.3, -0.25) is 4.79 Å². The quantitative estimate of drug-likeness (QED) is 0.783. The van der Waals surface area contributed by atoms with Crippen molar-refractivity contribution >= 4 is 27.3 Å². The summed E-state index contributed by atoms with van der Waals surface area (Å²) in [7, 11) is -3.09. The van der Waals surface area contributed by atoms with Crippen LogP contribution in [0, 0.1) is 11.8 Å². The van der Waals surface area contributed by atoms with Gasteiger partial charge in [0.25, 0.3) is 5.91 Å². The number of halogens is 1. The lowest BCUT2D eigenvalue weighted by Gasteiger charge is -2.06. The first-order chi connectivity index (χ1) is 9.89. The van der Waals surface area contributed by atoms with Gasteiger partial charge >= 0.3 is 0 Å². The Morgan fingerprint density at radius 1 is 1.43 bits per heavy atom. The maximum absolute atomic E-state index is 11.9. The van der Waals surface area contributed by atoms with Crippen LogP contribution in [-0.4, -0.2) is 38.9 Å². The Bertz CT molecular complexity index is 675. The fraction of sp³-hybridized carbons (Fsp3) is 0.357. The average Bonchev–Trinajstić information content (AvgIpc) is 2.45. The highest BCUT2D eigenvalue weighted by molar-refractivity contribution is 7.91. The molecule has 3 N–H and O–H groups in total. The van der Waals surface area contributed by atoms with Crippen molar-refractivity contribution in [2.24, 2.45) is 5.73 Å². The van der Waals surface area contributed by atoms with Gasteiger partial charge in [0, 0.05) is 23.4 Å². The van der Waals surface area contributed by atoms with Crippen LogP contribution < -0.4 is 11.1 Å². The Labute approximate surface area is 129 Å². The van der Waals surface area contributed by atoms with Crippen molar-refractivity contribution in [1.82, 2.24) is 5.32 Å². The van der Waals surface area contributed by atoms with Gasteiger partial charge in [-0.2, -0.15) is 0 Å². The molecule has 1 aromatic rings. The summed E-state index contributed by atoms with van der Waals surface area (Å²) in [6.45, 7) is 1.86. The van der Waals surface area contributed by atoms with Crippen LogP contribution >= 0.6 is 11.6 Å². The van der Waals surface area contributed by atoms with Gasteiger partial charge < -0.3 is 11.1 Å². The van der Waals surface area contributed by atoms with E-state index in [9.17, 15) is 13.2 Å². The second-order valence-corrected chi connectivity index (χ2v) is 7.07. The molecule has 0 bridgehead atoms. The number of nitrogens with two attached hydrogens (primary N) is 1. The highest BCUT2D eigenvalue weighted by Gasteiger charge is 2.10. The molecule has 0 aliphatic rings. The average molecular weight is 329 g/mol. The standard InChI is InChI=1S/C14H17ClN2O3S/c1-2-21(19,20)9-8-17-14(18)12-6-5-11(4-3-7-16)13(15)10-12/h5-6,10H,2,7-9,16H2,1H3,(H,17,18). The van der Waals surface area contributed by atoms with Crippen LogP contribution in [0.5, 0.6) is 0 Å². The van der Waals surface area contributed by atoms with Crippen molar-refractivity contribution in [3.8, 4) is 11.8 Å². The molecule has 0 saturated heterocycles. The third kappa shape index (κ3) is 5.76. The highest BCUT2D eigenvalue weighted by Crippen LogP contribution is 2.16. The largest absolute Gasteiger partial charge is 0.351 e. The first-order valence-electron chi connectivity index (χ1n) is 6.36. The zero-order valence-corrected chi connectivity index (χ0v) is 13.2. The molecule has 0 spiro atoms. The predicted octanol–water partition coefficient (Wildman–Crippen LogP) is 0.815. The maximum atomic E-state index is 11.9. The Balaban J connectivity index is 2.69. The van der Waals surface area contributed by atoms with Crippen LogP contribution in [0.4, 0.5) is 0 Å². The number of carbonyl (C=O) groups excluding carboxylic acids is 1. The summed E-state index contributed by atoms with van der Waals surface area (Å²) in [6.07, 6.45) is 0. The molecule has 5 nitrogen and oxygen atoms in total. The lowest BCUT2D eigenvalue weighted by Crippen LogP contribution is -2.29. The molecule has 1 rings (SSSR count). The van der Waals surface area contributed by atoms with E-state index in [1.54, 1.807) is 19.1 Å². The van der Waals surface area contributed by atoms with Gasteiger partial charge in [0.05, 0.1) is 17.3 Å². The number of amides is 1. The predicted molar refractivity (Wildman–Crippen MR) is 84.0 cm³/mol. The van der Waals surface area contributed by atoms with Crippen LogP contribution in [0.1, 0.15) is 22.8 Å². The summed E-state index contributed by atoms with van der Waals surface area (Å²) < 4.78 is 22.6. The number of carbonyl (C=O) groups is 1. The van der Waals surface area contributed by atoms with Gasteiger partial charge in [-0.25, -0.2) is 8.42 Å². The van der Waals surface area contributed by atoms with Gasteiger partial charge in [-0.05, 0) is 18.2 Å². The molecule has 0 aliphatic carbocycles. The molecule has 21 heavy (non-hydrogen) atoms. The molecule has 0 aliphatic heterocycles. The van der Waals surface area contributed by atoms with E-state index in [0.717, 1.165) is 0 Å². The van der Waals surface area contributed by atoms with E-state index < -0.39 is 9.84 Å². The van der Waals surface area contributed by atoms with E-state index in [4.69, 9.17) is 17.3 Å². The van der Waals surface area contributed by atoms with E-state index >= 15 is 0 Å². The van der Waals surface area contributed by atoms with Gasteiger partial charge in [0.1, 0.15) is 0 Å². The zero-order chi connectivity index (χ0) is 15.9. The minimum absolute atomic E-state index is 0.0587. The molecule has 0 fully saturated rings. The summed E-state index contributed by atoms with van der Waals surface area (Å²) in [5, 5.41) is 2.90. The molecular formula is C14H17ClN2O3S. The van der Waals surface area contributed by atoms with E-state index in [1.165, 1.54) is 6.07 Å². The third-order valence-corrected chi connectivity index (χ3v) is 4.71. The summed E-state index contributed by atoms with van der Waals surface area (Å²) >= 11 is 6.02. The fourth-order valence-electron chi connectivity index (χ4n) is 1.47. The summed E-state index contributed by atoms with van der Waals surface area (Å²) in [5.41, 5.74) is 6.22. The minimum atomic E-state index is -3.09. The molecule has 7 heteroatoms. The van der Waals surface area contributed by atoms with E-state index in [-0.39, 0.29) is 30.5 Å². The number of hydrogen-bond donors (Lipinski definition) is 2. The van der Waals surface area contributed by atoms with Crippen molar-refractivity contribution < 1.29 is 13.2 Å². The normalized spacial score (nSPS) is 10.6. The smallest absolute Gasteiger partial charge is 0.251 e. The van der Waals surface area contributed by atoms with Crippen molar-refractivity contribution in [1.29, 1.82) is 0 Å². The number of benzene rings is 1. The second kappa shape index (κ2) is 8.03. The lowest BCUT2D eigenvalue weighted by molar-refractivity contribution is 0.0956. The van der Waals surface area contributed by atoms with Crippen LogP contribution in [0.25, 0.3) is 0 Å². The van der Waals surface area contributed by atoms with Crippen LogP contribution in [0.15, 0.2) is 18.2 Å². The number of sulfone groups is 1. The summed E-state index contributed by atoms with van der Waals surface area (Å²) in [5.74, 6) is 5.07. The van der Waals surface area contributed by atoms with Crippen LogP contribution in [0.2, 0.25) is 5.02 Å². The first kappa shape index (κ1) is 17.5. The molecule has 1 amide bonds. The van der Waals surface area contributed by atoms with Crippen LogP contribution in [-0.2, 0) is 9.84 Å². The lowest BCUT2D eigenvalue weighted by atomic mass is 10.1. The Kier molecular flexibility index (Phi) is 6.69. The molecule has 1 aromatic carbocycles. The second-order valence-electron chi connectivity index (χ2n) is 4.19. The van der Waals surface area contributed by atoms with Crippen molar-refractivity contribution in [3.05, 3.63) is 34.3 Å². The third-order valence-electron chi connectivity index (χ3n) is 2.69. The number of rotatable bonds is 5. The van der Waals surface area contributed by atoms with Gasteiger partial charge in [-0.15, -0.1) is 0 Å². The monoisotopic (exact) mass is 328 g/mol. The molecule has 0 radical (unpaired) electrons. The topological polar surface area (TPSA) is 89.3 Å². The molecule has 0 unspecified atom stereocenters. The Hall–Kier alpha value is -1.55. The fourth-order valence-corrected chi connectivity index (χ4v) is 2.40. The molecule has 0 atom stereocenters. The number of hydrogen-bond acceptors (Lipinski definition) is 4. The van der Waals surface area contributed by atoms with E-state index in [0.29, 0.717) is 16.1 Å². The summed E-state index contributed by atoms with van der Waals surface area (Å²) in [6, 6.07) is 4.70. The van der Waals surface area contributed by atoms with Gasteiger partial charge in [0.15, 0.2) is 9.84 Å². The van der Waals surface area contributed by atoms with Crippen molar-refractivity contribution in [2.45, 2.75) is 6.92 Å². The van der Waals surface area contributed by atoms with Gasteiger partial charge in [0.2, 0.25) is 0 Å². The molecular weight excluding hydrogens is 312 g/mol. The Morgan fingerprint density at radius 3 is 2.71 bits per heavy atom. The Morgan fingerprint density at radius 2 is 2.14 bits per heavy atom. The molecule has 0 heterocycles. The molecule has 114 valence electrons. The van der Waals surface area contributed by atoms with Crippen molar-refractivity contribution in [2.75, 3.05) is 24.6 Å².